The van der Waals surface area contributed by atoms with Crippen molar-refractivity contribution in [2.75, 3.05) is 87.1 Å². The number of hydrogen-bond acceptors (Lipinski definition) is 43. The third-order valence-electron chi connectivity index (χ3n) is 13.6. The minimum Gasteiger partial charge on any atom is -0.488 e. The van der Waals surface area contributed by atoms with Gasteiger partial charge in [0.25, 0.3) is 76.3 Å². The number of hydrogen-bond donors (Lipinski definition) is 0. The van der Waals surface area contributed by atoms with Crippen LogP contribution >= 0.6 is 0 Å². The Morgan fingerprint density at radius 3 is 1.10 bits per heavy atom. The van der Waals surface area contributed by atoms with Gasteiger partial charge in [-0.05, 0) is 104 Å². The van der Waals surface area contributed by atoms with Gasteiger partial charge in [0, 0.05) is 65.8 Å². The van der Waals surface area contributed by atoms with Crippen LogP contribution in [0.4, 0.5) is 17.6 Å². The van der Waals surface area contributed by atoms with Crippen LogP contribution in [0.15, 0.2) is 43.0 Å². The van der Waals surface area contributed by atoms with Crippen molar-refractivity contribution in [1.82, 2.24) is 0 Å². The zero-order chi connectivity index (χ0) is 91.4. The van der Waals surface area contributed by atoms with E-state index in [0.29, 0.717) is 31.4 Å². The molecule has 0 N–H and O–H groups in total. The summed E-state index contributed by atoms with van der Waals surface area (Å²) >= 11 is 0. The second-order valence-electron chi connectivity index (χ2n) is 24.7. The molecule has 10 saturated heterocycles. The molecule has 0 saturated carbocycles. The molecule has 117 heavy (non-hydrogen) atoms. The molecule has 17 atom stereocenters. The van der Waals surface area contributed by atoms with Gasteiger partial charge in [0.1, 0.15) is 33.2 Å². The molecule has 10 aliphatic heterocycles. The lowest BCUT2D eigenvalue weighted by molar-refractivity contribution is 0.107. The predicted octanol–water partition coefficient (Wildman–Crippen LogP) is -3.36. The summed E-state index contributed by atoms with van der Waals surface area (Å²) in [4.78, 5) is 0. The van der Waals surface area contributed by atoms with Gasteiger partial charge in [-0.1, -0.05) is 31.2 Å². The Balaban J connectivity index is 0.000000443. The van der Waals surface area contributed by atoms with Gasteiger partial charge in [0.05, 0.1) is 118 Å². The third-order valence-corrected chi connectivity index (χ3v) is 49.5. The van der Waals surface area contributed by atoms with E-state index in [2.05, 4.69) is 95.7 Å². The zero-order valence-electron chi connectivity index (χ0n) is 61.3. The number of rotatable bonds is 6. The van der Waals surface area contributed by atoms with Gasteiger partial charge in [0.15, 0.2) is 5.44 Å². The van der Waals surface area contributed by atoms with Crippen molar-refractivity contribution in [3.05, 3.63) is 43.0 Å². The fourth-order valence-corrected chi connectivity index (χ4v) is 44.0. The monoisotopic (exact) mass is 2090 g/mol. The first kappa shape index (κ1) is 111. The molecule has 0 aromatic heterocycles. The molecule has 43 nitrogen and oxygen atoms in total. The minimum atomic E-state index is -4.66. The molecule has 0 radical (unpaired) electrons. The fourth-order valence-electron chi connectivity index (χ4n) is 8.66. The third kappa shape index (κ3) is 40.7. The molecule has 11 rings (SSSR count). The van der Waals surface area contributed by atoms with E-state index >= 15 is 0 Å². The lowest BCUT2D eigenvalue weighted by Crippen LogP contribution is -2.41. The molecule has 10 aliphatic rings. The number of ether oxygens (including phenoxy) is 2. The molecule has 0 amide bonds. The van der Waals surface area contributed by atoms with Crippen LogP contribution in [0.5, 0.6) is 5.75 Å². The second kappa shape index (κ2) is 41.4. The van der Waals surface area contributed by atoms with E-state index in [9.17, 15) is 148 Å². The van der Waals surface area contributed by atoms with Crippen LogP contribution in [0.2, 0.25) is 0 Å². The van der Waals surface area contributed by atoms with Gasteiger partial charge >= 0.3 is 40.5 Å². The minimum absolute atomic E-state index is 0.00926. The Hall–Kier alpha value is -2.33. The maximum atomic E-state index is 13.1. The molecule has 17 unspecified atom stereocenters. The Labute approximate surface area is 685 Å². The van der Waals surface area contributed by atoms with Crippen LogP contribution in [-0.2, 0) is 241 Å². The summed E-state index contributed by atoms with van der Waals surface area (Å²) in [7, 11) is -70.1. The Bertz CT molecular complexity index is 5900. The highest BCUT2D eigenvalue weighted by molar-refractivity contribution is 8.11. The Morgan fingerprint density at radius 1 is 0.368 bits per heavy atom. The van der Waals surface area contributed by atoms with Crippen LogP contribution in [0.3, 0.4) is 0 Å². The molecule has 10 heterocycles. The highest BCUT2D eigenvalue weighted by Gasteiger charge is 2.51. The molecular formula is C50H86F4O43S20. The average Bonchev–Trinajstić information content (AvgIpc) is 1.71. The van der Waals surface area contributed by atoms with Gasteiger partial charge in [-0.2, -0.15) is 125 Å². The predicted molar refractivity (Wildman–Crippen MR) is 440 cm³/mol. The summed E-state index contributed by atoms with van der Waals surface area (Å²) in [5, 5.41) is -0.683. The number of alkyl halides is 4. The number of para-hydroxylation sites is 1. The van der Waals surface area contributed by atoms with Crippen LogP contribution in [-0.4, -0.2) is 309 Å². The van der Waals surface area contributed by atoms with Crippen LogP contribution < -0.4 is 4.74 Å². The number of halogens is 4. The van der Waals surface area contributed by atoms with Crippen molar-refractivity contribution in [3.8, 4) is 5.75 Å². The standard InChI is InChI=1S/C9H10O6S2.C6H11FO4S2.C6H12O5S2.C6H10O4S2.C5H10O4S2.C4H7FO4S2.2C4H8O4S2.C3H4F2O4S2.C3H6O4S2/c10-16(11)6-9(7-17(12,13)15-16)14-8-4-2-1-3-5-8;1-3-5-4-12(2,8)11-13(9,10)6(5)7;1-3-10-6-4-5-12(2,7)11-13(6,8)9;1-3-6-4-11(2,7)10-12(8,9)5-6;1-10(6)4-2-3-5-11(7,8)9-10;1-10(6)3-2-4(5)11(7,8)9-10;1-4-3-9(2,5)8-10(4,6)7;1-9(5)3-2-4-10(6,7)8-9;1-10(6)2(4)3(5)11(7,8)9-10;1-8(4)2-3-9(5,6)7-8/h1-5,9H,6-7H2;5-6H,2-4H2,1H3;6H,2-5H2,1H3;3,6H,1-2,4-5H2;1-5H2;4H,1-3H2;4H,2-3H2,1H3;1-4H2;2-3H,1H2;1-3H2. The lowest BCUT2D eigenvalue weighted by Gasteiger charge is -2.26. The zero-order valence-corrected chi connectivity index (χ0v) is 77.6. The van der Waals surface area contributed by atoms with Crippen molar-refractivity contribution in [1.29, 1.82) is 0 Å². The Kier molecular flexibility index (Phi) is 39.2. The molecule has 1 aromatic rings. The largest absolute Gasteiger partial charge is 0.488 e. The number of benzene rings is 1. The topological polar surface area (TPSA) is 640 Å². The summed E-state index contributed by atoms with van der Waals surface area (Å²) in [6.07, 6.45) is 2.19. The molecule has 0 bridgehead atoms. The van der Waals surface area contributed by atoms with Crippen LogP contribution in [0.25, 0.3) is 0 Å². The summed E-state index contributed by atoms with van der Waals surface area (Å²) in [5.74, 6) is 26.2. The highest BCUT2D eigenvalue weighted by Crippen LogP contribution is 2.31. The quantitative estimate of drug-likeness (QED) is 0.152. The maximum Gasteiger partial charge on any atom is 0.316 e. The normalized spacial score (nSPS) is 39.4. The Morgan fingerprint density at radius 2 is 0.752 bits per heavy atom. The average molecular weight is 2090 g/mol. The van der Waals surface area contributed by atoms with E-state index < -0.39 is 256 Å². The smallest absolute Gasteiger partial charge is 0.316 e. The summed E-state index contributed by atoms with van der Waals surface area (Å²) in [6, 6.07) is 8.42. The van der Waals surface area contributed by atoms with Crippen molar-refractivity contribution in [3.63, 3.8) is 0 Å². The molecule has 692 valence electrons. The lowest BCUT2D eigenvalue weighted by atomic mass is 10.1. The molecule has 10 fully saturated rings. The van der Waals surface area contributed by atoms with E-state index in [-0.39, 0.29) is 94.4 Å². The van der Waals surface area contributed by atoms with E-state index in [0.717, 1.165) is 0 Å². The van der Waals surface area contributed by atoms with Crippen molar-refractivity contribution in [2.24, 2.45) is 11.8 Å². The van der Waals surface area contributed by atoms with E-state index in [1.54, 1.807) is 44.2 Å². The van der Waals surface area contributed by atoms with E-state index in [4.69, 9.17) is 9.47 Å². The molecular weight excluding hydrogens is 2010 g/mol. The van der Waals surface area contributed by atoms with Gasteiger partial charge in [-0.15, -0.1) is 10.2 Å². The second-order valence-corrected chi connectivity index (χ2v) is 63.5. The molecule has 67 heteroatoms. The van der Waals surface area contributed by atoms with Crippen molar-refractivity contribution >= 4 is 252 Å². The van der Waals surface area contributed by atoms with Crippen LogP contribution in [0.1, 0.15) is 59.3 Å². The SMILES string of the molecule is C=CC1CS(=C)(=O)OS(=O)(=O)C1.C=S1(=O)CC(C)S(=O)(=O)O1.C=S1(=O)CC(CC)C(F)S(=O)(=O)O1.C=S1(=O)CCC(F)S(=O)(=O)O1.C=S1(=O)CCC(OCC)S(=O)(=O)O1.C=S1(=O)CCCCS(=O)(=O)O1.C=S1(=O)CCCS(=O)(=O)O1.C=S1(=O)CCS(=O)(=O)O1.C=S1(=O)OS(=O)(=O)C(F)C1F.O=S1(=O)CC(Oc2ccccc2)CS(=O)(=O)O1. The molecule has 0 spiro atoms. The first-order valence-electron chi connectivity index (χ1n) is 31.4. The van der Waals surface area contributed by atoms with Crippen molar-refractivity contribution < 1.29 is 194 Å². The summed E-state index contributed by atoms with van der Waals surface area (Å²) in [5.41, 5.74) is -10.7. The summed E-state index contributed by atoms with van der Waals surface area (Å²) < 4.78 is 439. The van der Waals surface area contributed by atoms with Gasteiger partial charge < -0.3 is 9.47 Å². The molecule has 0 aliphatic carbocycles. The maximum absolute atomic E-state index is 13.1. The van der Waals surface area contributed by atoms with Gasteiger partial charge in [-0.3, -0.25) is 0 Å². The van der Waals surface area contributed by atoms with Crippen molar-refractivity contribution in [2.45, 2.75) is 98.1 Å². The first-order chi connectivity index (χ1) is 52.1. The first-order valence-corrected chi connectivity index (χ1v) is 64.5. The highest BCUT2D eigenvalue weighted by atomic mass is 32.3. The van der Waals surface area contributed by atoms with Gasteiger partial charge in [0.2, 0.25) is 16.5 Å². The molecule has 1 aromatic carbocycles. The summed E-state index contributed by atoms with van der Waals surface area (Å²) in [6.45, 7) is 8.50. The van der Waals surface area contributed by atoms with Crippen LogP contribution in [0, 0.1) is 11.8 Å². The van der Waals surface area contributed by atoms with E-state index in [1.165, 1.54) is 13.0 Å². The van der Waals surface area contributed by atoms with Gasteiger partial charge in [-0.25, -0.2) is 55.4 Å². The number of allylic oxidation sites excluding steroid dienone is 1. The fraction of sp³-hybridized carbons (Fsp3) is 0.660. The van der Waals surface area contributed by atoms with E-state index in [1.807, 2.05) is 0 Å².